The maximum absolute atomic E-state index is 11.6. The SMILES string of the molecule is CNC(=O)c1ccc(N)c(NCc2ccnn2C)c1. The van der Waals surface area contributed by atoms with Gasteiger partial charge in [0.15, 0.2) is 0 Å². The average molecular weight is 259 g/mol. The molecule has 6 nitrogen and oxygen atoms in total. The summed E-state index contributed by atoms with van der Waals surface area (Å²) in [6.45, 7) is 0.595. The summed E-state index contributed by atoms with van der Waals surface area (Å²) < 4.78 is 1.78. The van der Waals surface area contributed by atoms with E-state index in [1.54, 1.807) is 36.1 Å². The van der Waals surface area contributed by atoms with Crippen molar-refractivity contribution in [1.82, 2.24) is 15.1 Å². The van der Waals surface area contributed by atoms with Crippen LogP contribution in [0.4, 0.5) is 11.4 Å². The number of carbonyl (C=O) groups is 1. The van der Waals surface area contributed by atoms with Crippen LogP contribution < -0.4 is 16.4 Å². The molecule has 0 spiro atoms. The van der Waals surface area contributed by atoms with E-state index in [-0.39, 0.29) is 5.91 Å². The zero-order valence-corrected chi connectivity index (χ0v) is 11.0. The summed E-state index contributed by atoms with van der Waals surface area (Å²) >= 11 is 0. The number of nitrogen functional groups attached to an aromatic ring is 1. The van der Waals surface area contributed by atoms with Crippen LogP contribution in [0.25, 0.3) is 0 Å². The molecule has 6 heteroatoms. The minimum absolute atomic E-state index is 0.136. The summed E-state index contributed by atoms with van der Waals surface area (Å²) in [5.74, 6) is -0.136. The first kappa shape index (κ1) is 12.9. The summed E-state index contributed by atoms with van der Waals surface area (Å²) in [5, 5.41) is 9.89. The molecular formula is C13H17N5O. The minimum atomic E-state index is -0.136. The molecule has 1 aromatic heterocycles. The van der Waals surface area contributed by atoms with Crippen LogP contribution in [0.5, 0.6) is 0 Å². The molecule has 2 aromatic rings. The van der Waals surface area contributed by atoms with E-state index in [1.165, 1.54) is 0 Å². The molecular weight excluding hydrogens is 242 g/mol. The summed E-state index contributed by atoms with van der Waals surface area (Å²) in [4.78, 5) is 11.6. The van der Waals surface area contributed by atoms with E-state index in [2.05, 4.69) is 15.7 Å². The first-order valence-corrected chi connectivity index (χ1v) is 5.94. The smallest absolute Gasteiger partial charge is 0.251 e. The Hall–Kier alpha value is -2.50. The molecule has 0 aliphatic heterocycles. The molecule has 100 valence electrons. The van der Waals surface area contributed by atoms with E-state index >= 15 is 0 Å². The van der Waals surface area contributed by atoms with Crippen molar-refractivity contribution in [2.75, 3.05) is 18.1 Å². The quantitative estimate of drug-likeness (QED) is 0.714. The van der Waals surface area contributed by atoms with Crippen molar-refractivity contribution in [3.63, 3.8) is 0 Å². The third-order valence-electron chi connectivity index (χ3n) is 2.92. The highest BCUT2D eigenvalue weighted by molar-refractivity contribution is 5.96. The maximum atomic E-state index is 11.6. The van der Waals surface area contributed by atoms with E-state index in [0.29, 0.717) is 17.8 Å². The van der Waals surface area contributed by atoms with Crippen molar-refractivity contribution in [2.24, 2.45) is 7.05 Å². The van der Waals surface area contributed by atoms with E-state index in [9.17, 15) is 4.79 Å². The van der Waals surface area contributed by atoms with Crippen molar-refractivity contribution in [1.29, 1.82) is 0 Å². The van der Waals surface area contributed by atoms with Crippen LogP contribution in [0.2, 0.25) is 0 Å². The maximum Gasteiger partial charge on any atom is 0.251 e. The number of hydrogen-bond donors (Lipinski definition) is 3. The molecule has 0 atom stereocenters. The molecule has 4 N–H and O–H groups in total. The number of hydrogen-bond acceptors (Lipinski definition) is 4. The number of amides is 1. The van der Waals surface area contributed by atoms with Gasteiger partial charge in [-0.05, 0) is 24.3 Å². The lowest BCUT2D eigenvalue weighted by Gasteiger charge is -2.11. The summed E-state index contributed by atoms with van der Waals surface area (Å²) in [6, 6.07) is 7.08. The van der Waals surface area contributed by atoms with Gasteiger partial charge in [0.25, 0.3) is 5.91 Å². The van der Waals surface area contributed by atoms with Crippen LogP contribution >= 0.6 is 0 Å². The van der Waals surface area contributed by atoms with Gasteiger partial charge in [0, 0.05) is 25.9 Å². The Morgan fingerprint density at radius 1 is 1.42 bits per heavy atom. The highest BCUT2D eigenvalue weighted by atomic mass is 16.1. The van der Waals surface area contributed by atoms with Crippen LogP contribution in [-0.2, 0) is 13.6 Å². The van der Waals surface area contributed by atoms with Crippen LogP contribution in [0, 0.1) is 0 Å². The fourth-order valence-corrected chi connectivity index (χ4v) is 1.76. The van der Waals surface area contributed by atoms with Crippen LogP contribution in [0.3, 0.4) is 0 Å². The van der Waals surface area contributed by atoms with E-state index < -0.39 is 0 Å². The van der Waals surface area contributed by atoms with Gasteiger partial charge in [-0.2, -0.15) is 5.10 Å². The molecule has 0 radical (unpaired) electrons. The molecule has 2 rings (SSSR count). The van der Waals surface area contributed by atoms with Gasteiger partial charge in [-0.1, -0.05) is 0 Å². The normalized spacial score (nSPS) is 10.2. The molecule has 0 saturated carbocycles. The second-order valence-electron chi connectivity index (χ2n) is 4.18. The molecule has 1 amide bonds. The fourth-order valence-electron chi connectivity index (χ4n) is 1.76. The summed E-state index contributed by atoms with van der Waals surface area (Å²) in [6.07, 6.45) is 1.74. The van der Waals surface area contributed by atoms with Crippen molar-refractivity contribution >= 4 is 17.3 Å². The summed E-state index contributed by atoms with van der Waals surface area (Å²) in [5.41, 5.74) is 8.84. The van der Waals surface area contributed by atoms with Gasteiger partial charge < -0.3 is 16.4 Å². The van der Waals surface area contributed by atoms with Crippen LogP contribution in [-0.4, -0.2) is 22.7 Å². The lowest BCUT2D eigenvalue weighted by Crippen LogP contribution is -2.18. The van der Waals surface area contributed by atoms with Gasteiger partial charge in [-0.25, -0.2) is 0 Å². The second-order valence-corrected chi connectivity index (χ2v) is 4.18. The summed E-state index contributed by atoms with van der Waals surface area (Å²) in [7, 11) is 3.47. The largest absolute Gasteiger partial charge is 0.397 e. The number of anilines is 2. The third kappa shape index (κ3) is 2.85. The predicted molar refractivity (Wildman–Crippen MR) is 74.8 cm³/mol. The van der Waals surface area contributed by atoms with Crippen molar-refractivity contribution < 1.29 is 4.79 Å². The molecule has 1 heterocycles. The minimum Gasteiger partial charge on any atom is -0.397 e. The fraction of sp³-hybridized carbons (Fsp3) is 0.231. The van der Waals surface area contributed by atoms with Crippen molar-refractivity contribution in [2.45, 2.75) is 6.54 Å². The number of rotatable bonds is 4. The topological polar surface area (TPSA) is 85.0 Å². The first-order valence-electron chi connectivity index (χ1n) is 5.94. The Morgan fingerprint density at radius 3 is 2.84 bits per heavy atom. The highest BCUT2D eigenvalue weighted by Gasteiger charge is 2.07. The molecule has 1 aromatic carbocycles. The van der Waals surface area contributed by atoms with E-state index in [4.69, 9.17) is 5.73 Å². The standard InChI is InChI=1S/C13H17N5O/c1-15-13(19)9-3-4-11(14)12(7-9)16-8-10-5-6-17-18(10)2/h3-7,16H,8,14H2,1-2H3,(H,15,19). The molecule has 0 aliphatic rings. The number of nitrogens with one attached hydrogen (secondary N) is 2. The number of nitrogens with two attached hydrogens (primary N) is 1. The predicted octanol–water partition coefficient (Wildman–Crippen LogP) is 0.974. The van der Waals surface area contributed by atoms with Gasteiger partial charge in [0.2, 0.25) is 0 Å². The van der Waals surface area contributed by atoms with Gasteiger partial charge in [-0.15, -0.1) is 0 Å². The molecule has 0 bridgehead atoms. The van der Waals surface area contributed by atoms with E-state index in [0.717, 1.165) is 11.4 Å². The highest BCUT2D eigenvalue weighted by Crippen LogP contribution is 2.20. The second kappa shape index (κ2) is 5.43. The lowest BCUT2D eigenvalue weighted by molar-refractivity contribution is 0.0963. The molecule has 0 fully saturated rings. The number of carbonyl (C=O) groups excluding carboxylic acids is 1. The monoisotopic (exact) mass is 259 g/mol. The van der Waals surface area contributed by atoms with Crippen molar-refractivity contribution in [3.05, 3.63) is 41.7 Å². The van der Waals surface area contributed by atoms with Gasteiger partial charge >= 0.3 is 0 Å². The number of aryl methyl sites for hydroxylation is 1. The zero-order chi connectivity index (χ0) is 13.8. The van der Waals surface area contributed by atoms with E-state index in [1.807, 2.05) is 13.1 Å². The Bertz CT molecular complexity index is 590. The van der Waals surface area contributed by atoms with Crippen LogP contribution in [0.15, 0.2) is 30.5 Å². The number of nitrogens with zero attached hydrogens (tertiary/aromatic N) is 2. The van der Waals surface area contributed by atoms with Crippen molar-refractivity contribution in [3.8, 4) is 0 Å². The Morgan fingerprint density at radius 2 is 2.21 bits per heavy atom. The molecule has 0 unspecified atom stereocenters. The lowest BCUT2D eigenvalue weighted by atomic mass is 10.1. The van der Waals surface area contributed by atoms with Crippen LogP contribution in [0.1, 0.15) is 16.1 Å². The zero-order valence-electron chi connectivity index (χ0n) is 11.0. The Balaban J connectivity index is 2.15. The Kier molecular flexibility index (Phi) is 3.70. The first-order chi connectivity index (χ1) is 9.11. The number of benzene rings is 1. The third-order valence-corrected chi connectivity index (χ3v) is 2.92. The van der Waals surface area contributed by atoms with Gasteiger partial charge in [0.1, 0.15) is 0 Å². The average Bonchev–Trinajstić information content (AvgIpc) is 2.82. The number of aromatic nitrogens is 2. The molecule has 0 aliphatic carbocycles. The Labute approximate surface area is 111 Å². The van der Waals surface area contributed by atoms with Gasteiger partial charge in [0.05, 0.1) is 23.6 Å². The molecule has 0 saturated heterocycles. The molecule has 19 heavy (non-hydrogen) atoms. The van der Waals surface area contributed by atoms with Gasteiger partial charge in [-0.3, -0.25) is 9.48 Å².